The SMILES string of the molecule is CC(C)(C)OC(=O)C(Br)S(=O)(=O)O. The highest BCUT2D eigenvalue weighted by atomic mass is 79.9. The largest absolute Gasteiger partial charge is 0.458 e. The number of rotatable bonds is 2. The molecular weight excluding hydrogens is 264 g/mol. The van der Waals surface area contributed by atoms with Gasteiger partial charge in [0, 0.05) is 0 Å². The fourth-order valence-electron chi connectivity index (χ4n) is 0.470. The number of hydrogen-bond donors (Lipinski definition) is 1. The molecule has 1 unspecified atom stereocenters. The van der Waals surface area contributed by atoms with Gasteiger partial charge in [0.1, 0.15) is 5.60 Å². The number of esters is 1. The average molecular weight is 275 g/mol. The van der Waals surface area contributed by atoms with Crippen LogP contribution in [-0.4, -0.2) is 28.7 Å². The first-order valence-corrected chi connectivity index (χ1v) is 5.79. The summed E-state index contributed by atoms with van der Waals surface area (Å²) in [4.78, 5) is 11.0. The lowest BCUT2D eigenvalue weighted by atomic mass is 10.2. The monoisotopic (exact) mass is 274 g/mol. The van der Waals surface area contributed by atoms with Crippen LogP contribution in [-0.2, 0) is 19.6 Å². The van der Waals surface area contributed by atoms with E-state index in [2.05, 4.69) is 15.9 Å². The lowest BCUT2D eigenvalue weighted by molar-refractivity contribution is -0.152. The van der Waals surface area contributed by atoms with Crippen LogP contribution in [0.15, 0.2) is 0 Å². The van der Waals surface area contributed by atoms with Crippen LogP contribution in [0, 0.1) is 0 Å². The molecule has 7 heteroatoms. The number of alkyl halides is 1. The fourth-order valence-corrected chi connectivity index (χ4v) is 0.854. The second-order valence-corrected chi connectivity index (χ2v) is 6.39. The van der Waals surface area contributed by atoms with Gasteiger partial charge in [-0.05, 0) is 20.8 Å². The van der Waals surface area contributed by atoms with Crippen molar-refractivity contribution in [2.24, 2.45) is 0 Å². The first-order valence-electron chi connectivity index (χ1n) is 3.37. The molecule has 0 aromatic heterocycles. The van der Waals surface area contributed by atoms with Gasteiger partial charge in [0.15, 0.2) is 0 Å². The summed E-state index contributed by atoms with van der Waals surface area (Å²) in [5, 5.41) is 0. The van der Waals surface area contributed by atoms with Crippen LogP contribution in [0.25, 0.3) is 0 Å². The van der Waals surface area contributed by atoms with Crippen LogP contribution in [0.5, 0.6) is 0 Å². The van der Waals surface area contributed by atoms with E-state index in [0.29, 0.717) is 0 Å². The van der Waals surface area contributed by atoms with E-state index in [4.69, 9.17) is 9.29 Å². The third-order valence-electron chi connectivity index (χ3n) is 0.854. The molecule has 0 aliphatic heterocycles. The summed E-state index contributed by atoms with van der Waals surface area (Å²) in [5.41, 5.74) is -0.784. The molecule has 0 saturated carbocycles. The van der Waals surface area contributed by atoms with Gasteiger partial charge in [0.05, 0.1) is 0 Å². The summed E-state index contributed by atoms with van der Waals surface area (Å²) in [7, 11) is -4.43. The van der Waals surface area contributed by atoms with Crippen LogP contribution < -0.4 is 0 Å². The Morgan fingerprint density at radius 1 is 1.46 bits per heavy atom. The van der Waals surface area contributed by atoms with Crippen LogP contribution in [0.2, 0.25) is 0 Å². The number of hydrogen-bond acceptors (Lipinski definition) is 4. The molecule has 5 nitrogen and oxygen atoms in total. The van der Waals surface area contributed by atoms with Gasteiger partial charge in [-0.15, -0.1) is 0 Å². The quantitative estimate of drug-likeness (QED) is 0.461. The number of ether oxygens (including phenoxy) is 1. The van der Waals surface area contributed by atoms with Gasteiger partial charge in [0.25, 0.3) is 10.1 Å². The van der Waals surface area contributed by atoms with E-state index in [0.717, 1.165) is 0 Å². The van der Waals surface area contributed by atoms with Gasteiger partial charge in [-0.1, -0.05) is 15.9 Å². The molecule has 0 heterocycles. The third-order valence-corrected chi connectivity index (χ3v) is 3.36. The lowest BCUT2D eigenvalue weighted by Crippen LogP contribution is -2.32. The Bertz CT molecular complexity index is 289. The topological polar surface area (TPSA) is 80.7 Å². The molecule has 0 aromatic rings. The molecule has 0 rings (SSSR count). The molecule has 0 amide bonds. The van der Waals surface area contributed by atoms with Crippen molar-refractivity contribution < 1.29 is 22.5 Å². The maximum Gasteiger partial charge on any atom is 0.338 e. The summed E-state index contributed by atoms with van der Waals surface area (Å²) < 4.78 is 32.4. The van der Waals surface area contributed by atoms with Gasteiger partial charge >= 0.3 is 5.97 Å². The van der Waals surface area contributed by atoms with E-state index in [-0.39, 0.29) is 0 Å². The molecule has 0 aliphatic carbocycles. The summed E-state index contributed by atoms with van der Waals surface area (Å²) in [6, 6.07) is 0. The first kappa shape index (κ1) is 12.9. The Morgan fingerprint density at radius 3 is 2.08 bits per heavy atom. The second kappa shape index (κ2) is 3.93. The Morgan fingerprint density at radius 2 is 1.85 bits per heavy atom. The fraction of sp³-hybridized carbons (Fsp3) is 0.833. The number of carbonyl (C=O) groups is 1. The molecule has 0 radical (unpaired) electrons. The van der Waals surface area contributed by atoms with E-state index < -0.39 is 25.8 Å². The molecule has 0 fully saturated rings. The standard InChI is InChI=1S/C6H11BrO5S/c1-6(2,3)12-5(8)4(7)13(9,10)11/h4H,1-3H3,(H,9,10,11). The highest BCUT2D eigenvalue weighted by Gasteiger charge is 2.32. The van der Waals surface area contributed by atoms with Crippen molar-refractivity contribution >= 4 is 32.0 Å². The summed E-state index contributed by atoms with van der Waals surface area (Å²) in [6.45, 7) is 4.78. The van der Waals surface area contributed by atoms with Gasteiger partial charge in [-0.2, -0.15) is 8.42 Å². The van der Waals surface area contributed by atoms with E-state index in [1.165, 1.54) is 0 Å². The maximum atomic E-state index is 11.0. The molecule has 0 spiro atoms. The smallest absolute Gasteiger partial charge is 0.338 e. The van der Waals surface area contributed by atoms with Crippen molar-refractivity contribution in [3.05, 3.63) is 0 Å². The molecule has 0 bridgehead atoms. The minimum absolute atomic E-state index is 0.784. The maximum absolute atomic E-state index is 11.0. The van der Waals surface area contributed by atoms with E-state index in [1.54, 1.807) is 20.8 Å². The van der Waals surface area contributed by atoms with Gasteiger partial charge in [-0.3, -0.25) is 4.55 Å². The Balaban J connectivity index is 4.48. The first-order chi connectivity index (χ1) is 5.54. The molecule has 1 atom stereocenters. The summed E-state index contributed by atoms with van der Waals surface area (Å²) in [5.74, 6) is -1.03. The Kier molecular flexibility index (Phi) is 3.89. The minimum atomic E-state index is -4.43. The Labute approximate surface area is 85.3 Å². The van der Waals surface area contributed by atoms with Crippen molar-refractivity contribution in [1.82, 2.24) is 0 Å². The molecular formula is C6H11BrO5S. The van der Waals surface area contributed by atoms with Crippen LogP contribution >= 0.6 is 15.9 Å². The summed E-state index contributed by atoms with van der Waals surface area (Å²) in [6.07, 6.45) is 0. The summed E-state index contributed by atoms with van der Waals surface area (Å²) >= 11 is 2.50. The molecule has 0 aliphatic rings. The van der Waals surface area contributed by atoms with Crippen LogP contribution in [0.3, 0.4) is 0 Å². The zero-order valence-electron chi connectivity index (χ0n) is 7.44. The zero-order valence-corrected chi connectivity index (χ0v) is 9.85. The second-order valence-electron chi connectivity index (χ2n) is 3.36. The van der Waals surface area contributed by atoms with E-state index >= 15 is 0 Å². The highest BCUT2D eigenvalue weighted by molar-refractivity contribution is 9.11. The normalized spacial score (nSPS) is 15.2. The number of carbonyl (C=O) groups excluding carboxylic acids is 1. The van der Waals surface area contributed by atoms with Gasteiger partial charge in [-0.25, -0.2) is 4.79 Å². The third kappa shape index (κ3) is 5.22. The van der Waals surface area contributed by atoms with Crippen molar-refractivity contribution in [1.29, 1.82) is 0 Å². The molecule has 0 saturated heterocycles. The van der Waals surface area contributed by atoms with E-state index in [9.17, 15) is 13.2 Å². The molecule has 0 aromatic carbocycles. The molecule has 1 N–H and O–H groups in total. The van der Waals surface area contributed by atoms with Gasteiger partial charge < -0.3 is 4.74 Å². The average Bonchev–Trinajstić information content (AvgIpc) is 1.79. The predicted octanol–water partition coefficient (Wildman–Crippen LogP) is 0.937. The van der Waals surface area contributed by atoms with Crippen LogP contribution in [0.4, 0.5) is 0 Å². The molecule has 78 valence electrons. The van der Waals surface area contributed by atoms with Crippen molar-refractivity contribution in [2.45, 2.75) is 30.5 Å². The van der Waals surface area contributed by atoms with Gasteiger partial charge in [0.2, 0.25) is 4.16 Å². The van der Waals surface area contributed by atoms with E-state index in [1.807, 2.05) is 0 Å². The van der Waals surface area contributed by atoms with Crippen LogP contribution in [0.1, 0.15) is 20.8 Å². The van der Waals surface area contributed by atoms with Crippen molar-refractivity contribution in [3.63, 3.8) is 0 Å². The van der Waals surface area contributed by atoms with Crippen molar-refractivity contribution in [3.8, 4) is 0 Å². The Hall–Kier alpha value is -0.140. The lowest BCUT2D eigenvalue weighted by Gasteiger charge is -2.20. The molecule has 13 heavy (non-hydrogen) atoms. The minimum Gasteiger partial charge on any atom is -0.458 e. The predicted molar refractivity (Wildman–Crippen MR) is 50.1 cm³/mol. The zero-order chi connectivity index (χ0) is 10.9. The highest BCUT2D eigenvalue weighted by Crippen LogP contribution is 2.15. The van der Waals surface area contributed by atoms with Crippen molar-refractivity contribution in [2.75, 3.05) is 0 Å². The number of halogens is 1.